The average molecular weight is 281 g/mol. The summed E-state index contributed by atoms with van der Waals surface area (Å²) in [7, 11) is 1.52. The Morgan fingerprint density at radius 2 is 2.00 bits per heavy atom. The van der Waals surface area contributed by atoms with Crippen LogP contribution >= 0.6 is 0 Å². The first-order valence-electron chi connectivity index (χ1n) is 6.45. The molecule has 2 aromatic rings. The van der Waals surface area contributed by atoms with E-state index in [-0.39, 0.29) is 11.9 Å². The van der Waals surface area contributed by atoms with Crippen LogP contribution in [0.25, 0.3) is 0 Å². The zero-order chi connectivity index (χ0) is 15.2. The second-order valence-electron chi connectivity index (χ2n) is 4.52. The number of hydrogen-bond acceptors (Lipinski definition) is 4. The first-order chi connectivity index (χ1) is 10.1. The Kier molecular flexibility index (Phi) is 4.52. The van der Waals surface area contributed by atoms with Gasteiger partial charge in [0.2, 0.25) is 5.88 Å². The summed E-state index contributed by atoms with van der Waals surface area (Å²) >= 11 is 0. The molecule has 0 aliphatic carbocycles. The zero-order valence-electron chi connectivity index (χ0n) is 11.8. The molecule has 5 heteroatoms. The number of carbonyl (C=O) groups is 1. The number of nitriles is 1. The van der Waals surface area contributed by atoms with E-state index in [1.165, 1.54) is 13.3 Å². The van der Waals surface area contributed by atoms with Gasteiger partial charge < -0.3 is 10.1 Å². The monoisotopic (exact) mass is 281 g/mol. The first-order valence-corrected chi connectivity index (χ1v) is 6.45. The Bertz CT molecular complexity index is 657. The molecule has 0 saturated heterocycles. The number of ether oxygens (including phenoxy) is 1. The Morgan fingerprint density at radius 1 is 1.29 bits per heavy atom. The number of benzene rings is 1. The van der Waals surface area contributed by atoms with Crippen molar-refractivity contribution in [1.29, 1.82) is 5.26 Å². The fraction of sp³-hybridized carbons (Fsp3) is 0.188. The van der Waals surface area contributed by atoms with E-state index in [1.54, 1.807) is 24.3 Å². The Balaban J connectivity index is 2.05. The van der Waals surface area contributed by atoms with Crippen LogP contribution in [0.3, 0.4) is 0 Å². The van der Waals surface area contributed by atoms with Gasteiger partial charge in [0, 0.05) is 12.3 Å². The minimum Gasteiger partial charge on any atom is -0.481 e. The third-order valence-corrected chi connectivity index (χ3v) is 3.10. The van der Waals surface area contributed by atoms with Crippen molar-refractivity contribution in [2.24, 2.45) is 0 Å². The van der Waals surface area contributed by atoms with E-state index < -0.39 is 0 Å². The van der Waals surface area contributed by atoms with Crippen LogP contribution in [0.2, 0.25) is 0 Å². The molecule has 5 nitrogen and oxygen atoms in total. The smallest absolute Gasteiger partial charge is 0.253 e. The quantitative estimate of drug-likeness (QED) is 0.934. The Hall–Kier alpha value is -2.87. The molecule has 0 radical (unpaired) electrons. The zero-order valence-corrected chi connectivity index (χ0v) is 11.8. The van der Waals surface area contributed by atoms with Crippen molar-refractivity contribution in [2.75, 3.05) is 7.11 Å². The maximum Gasteiger partial charge on any atom is 0.253 e. The summed E-state index contributed by atoms with van der Waals surface area (Å²) in [6.07, 6.45) is 1.47. The summed E-state index contributed by atoms with van der Waals surface area (Å²) in [5, 5.41) is 11.7. The Labute approximate surface area is 123 Å². The lowest BCUT2D eigenvalue weighted by Gasteiger charge is -2.14. The lowest BCUT2D eigenvalue weighted by Crippen LogP contribution is -2.26. The van der Waals surface area contributed by atoms with Crippen molar-refractivity contribution in [3.8, 4) is 11.9 Å². The second kappa shape index (κ2) is 6.53. The normalized spacial score (nSPS) is 11.3. The highest BCUT2D eigenvalue weighted by atomic mass is 16.5. The predicted molar refractivity (Wildman–Crippen MR) is 77.8 cm³/mol. The molecule has 0 aliphatic heterocycles. The molecule has 1 unspecified atom stereocenters. The topological polar surface area (TPSA) is 75.0 Å². The van der Waals surface area contributed by atoms with Gasteiger partial charge in [0.05, 0.1) is 30.3 Å². The van der Waals surface area contributed by atoms with Crippen LogP contribution in [0.5, 0.6) is 5.88 Å². The summed E-state index contributed by atoms with van der Waals surface area (Å²) < 4.78 is 4.95. The highest BCUT2D eigenvalue weighted by molar-refractivity contribution is 5.94. The van der Waals surface area contributed by atoms with E-state index in [0.717, 1.165) is 5.56 Å². The summed E-state index contributed by atoms with van der Waals surface area (Å²) in [5.41, 5.74) is 2.00. The van der Waals surface area contributed by atoms with Crippen LogP contribution in [-0.2, 0) is 0 Å². The van der Waals surface area contributed by atoms with Gasteiger partial charge in [-0.25, -0.2) is 4.98 Å². The molecular formula is C16H15N3O2. The van der Waals surface area contributed by atoms with Crippen LogP contribution in [0.4, 0.5) is 0 Å². The molecule has 0 aliphatic rings. The molecule has 2 rings (SSSR count). The number of amides is 1. The third-order valence-electron chi connectivity index (χ3n) is 3.10. The van der Waals surface area contributed by atoms with Crippen molar-refractivity contribution >= 4 is 5.91 Å². The lowest BCUT2D eigenvalue weighted by molar-refractivity contribution is 0.0939. The SMILES string of the molecule is COc1ccc(C(=O)NC(C)c2ccc(C#N)cc2)cn1. The van der Waals surface area contributed by atoms with Gasteiger partial charge in [-0.15, -0.1) is 0 Å². The molecule has 1 amide bonds. The summed E-state index contributed by atoms with van der Waals surface area (Å²) in [6.45, 7) is 1.89. The fourth-order valence-corrected chi connectivity index (χ4v) is 1.84. The molecule has 1 N–H and O–H groups in total. The van der Waals surface area contributed by atoms with Crippen molar-refractivity contribution < 1.29 is 9.53 Å². The van der Waals surface area contributed by atoms with Gasteiger partial charge in [-0.2, -0.15) is 5.26 Å². The first kappa shape index (κ1) is 14.5. The standard InChI is InChI=1S/C16H15N3O2/c1-11(13-5-3-12(9-17)4-6-13)19-16(20)14-7-8-15(21-2)18-10-14/h3-8,10-11H,1-2H3,(H,19,20). The maximum atomic E-state index is 12.1. The van der Waals surface area contributed by atoms with Crippen molar-refractivity contribution in [2.45, 2.75) is 13.0 Å². The number of pyridine rings is 1. The molecule has 1 heterocycles. The number of methoxy groups -OCH3 is 1. The van der Waals surface area contributed by atoms with E-state index in [2.05, 4.69) is 16.4 Å². The van der Waals surface area contributed by atoms with Gasteiger partial charge in [0.1, 0.15) is 0 Å². The average Bonchev–Trinajstić information content (AvgIpc) is 2.55. The fourth-order valence-electron chi connectivity index (χ4n) is 1.84. The number of nitrogens with zero attached hydrogens (tertiary/aromatic N) is 2. The van der Waals surface area contributed by atoms with Crippen molar-refractivity contribution in [3.05, 3.63) is 59.3 Å². The molecule has 0 spiro atoms. The van der Waals surface area contributed by atoms with Gasteiger partial charge in [-0.3, -0.25) is 4.79 Å². The highest BCUT2D eigenvalue weighted by Gasteiger charge is 2.12. The third kappa shape index (κ3) is 3.57. The summed E-state index contributed by atoms with van der Waals surface area (Å²) in [4.78, 5) is 16.1. The largest absolute Gasteiger partial charge is 0.481 e. The molecule has 106 valence electrons. The van der Waals surface area contributed by atoms with Crippen molar-refractivity contribution in [1.82, 2.24) is 10.3 Å². The number of hydrogen-bond donors (Lipinski definition) is 1. The van der Waals surface area contributed by atoms with Gasteiger partial charge in [-0.05, 0) is 30.7 Å². The van der Waals surface area contributed by atoms with E-state index >= 15 is 0 Å². The Morgan fingerprint density at radius 3 is 2.52 bits per heavy atom. The molecule has 0 fully saturated rings. The second-order valence-corrected chi connectivity index (χ2v) is 4.52. The molecule has 1 aromatic carbocycles. The minimum absolute atomic E-state index is 0.160. The number of carbonyl (C=O) groups excluding carboxylic acids is 1. The number of rotatable bonds is 4. The van der Waals surface area contributed by atoms with Crippen LogP contribution in [0, 0.1) is 11.3 Å². The van der Waals surface area contributed by atoms with Crippen LogP contribution in [-0.4, -0.2) is 18.0 Å². The van der Waals surface area contributed by atoms with E-state index in [0.29, 0.717) is 17.0 Å². The molecular weight excluding hydrogens is 266 g/mol. The molecule has 1 atom stereocenters. The molecule has 1 aromatic heterocycles. The lowest BCUT2D eigenvalue weighted by atomic mass is 10.1. The predicted octanol–water partition coefficient (Wildman–Crippen LogP) is 2.45. The van der Waals surface area contributed by atoms with E-state index in [1.807, 2.05) is 19.1 Å². The molecule has 0 bridgehead atoms. The maximum absolute atomic E-state index is 12.1. The molecule has 21 heavy (non-hydrogen) atoms. The van der Waals surface area contributed by atoms with E-state index in [9.17, 15) is 4.79 Å². The van der Waals surface area contributed by atoms with Crippen LogP contribution in [0.1, 0.15) is 34.5 Å². The van der Waals surface area contributed by atoms with Crippen molar-refractivity contribution in [3.63, 3.8) is 0 Å². The van der Waals surface area contributed by atoms with Gasteiger partial charge in [0.25, 0.3) is 5.91 Å². The highest BCUT2D eigenvalue weighted by Crippen LogP contribution is 2.14. The summed E-state index contributed by atoms with van der Waals surface area (Å²) in [5.74, 6) is 0.258. The van der Waals surface area contributed by atoms with Gasteiger partial charge in [-0.1, -0.05) is 12.1 Å². The summed E-state index contributed by atoms with van der Waals surface area (Å²) in [6, 6.07) is 12.3. The van der Waals surface area contributed by atoms with Gasteiger partial charge in [0.15, 0.2) is 0 Å². The van der Waals surface area contributed by atoms with Crippen LogP contribution < -0.4 is 10.1 Å². The number of aromatic nitrogens is 1. The van der Waals surface area contributed by atoms with Gasteiger partial charge >= 0.3 is 0 Å². The van der Waals surface area contributed by atoms with E-state index in [4.69, 9.17) is 10.00 Å². The van der Waals surface area contributed by atoms with Crippen LogP contribution in [0.15, 0.2) is 42.6 Å². The molecule has 0 saturated carbocycles. The number of nitrogens with one attached hydrogen (secondary N) is 1. The minimum atomic E-state index is -0.206.